The molecule has 0 unspecified atom stereocenters. The summed E-state index contributed by atoms with van der Waals surface area (Å²) in [5.41, 5.74) is 0.409. The average Bonchev–Trinajstić information content (AvgIpc) is 3.74. The molecule has 0 bridgehead atoms. The van der Waals surface area contributed by atoms with Crippen LogP contribution in [0, 0.1) is 5.92 Å². The number of rotatable bonds is 8. The van der Waals surface area contributed by atoms with E-state index in [1.807, 2.05) is 60.5 Å². The van der Waals surface area contributed by atoms with Gasteiger partial charge in [-0.1, -0.05) is 24.3 Å². The Morgan fingerprint density at radius 1 is 1.10 bits per heavy atom. The molecule has 7 heteroatoms. The maximum absolute atomic E-state index is 13.3. The highest BCUT2D eigenvalue weighted by Crippen LogP contribution is 2.53. The molecule has 7 nitrogen and oxygen atoms in total. The van der Waals surface area contributed by atoms with E-state index in [9.17, 15) is 14.7 Å². The Bertz CT molecular complexity index is 1240. The average molecular weight is 533 g/mol. The molecule has 0 spiro atoms. The number of hydrogen-bond donors (Lipinski definition) is 1. The Morgan fingerprint density at radius 3 is 2.62 bits per heavy atom. The molecule has 1 aliphatic heterocycles. The van der Waals surface area contributed by atoms with E-state index in [0.29, 0.717) is 25.1 Å². The van der Waals surface area contributed by atoms with Gasteiger partial charge in [-0.05, 0) is 92.5 Å². The van der Waals surface area contributed by atoms with Crippen molar-refractivity contribution in [2.45, 2.75) is 62.5 Å². The van der Waals surface area contributed by atoms with Crippen LogP contribution >= 0.6 is 0 Å². The number of esters is 1. The van der Waals surface area contributed by atoms with Crippen LogP contribution in [0.1, 0.15) is 56.6 Å². The molecule has 2 aromatic rings. The molecule has 2 saturated carbocycles. The molecular weight excluding hydrogens is 492 g/mol. The highest BCUT2D eigenvalue weighted by Gasteiger charge is 2.58. The van der Waals surface area contributed by atoms with Crippen LogP contribution in [0.25, 0.3) is 6.08 Å². The Labute approximate surface area is 231 Å². The maximum Gasteiger partial charge on any atom is 0.308 e. The van der Waals surface area contributed by atoms with Crippen molar-refractivity contribution in [3.05, 3.63) is 65.7 Å². The highest BCUT2D eigenvalue weighted by atomic mass is 16.5. The minimum Gasteiger partial charge on any atom is -0.497 e. The van der Waals surface area contributed by atoms with Crippen LogP contribution in [-0.4, -0.2) is 72.2 Å². The van der Waals surface area contributed by atoms with E-state index in [4.69, 9.17) is 9.47 Å². The molecule has 1 heterocycles. The number of fused-ring (bicyclic) bond motifs is 1. The van der Waals surface area contributed by atoms with Gasteiger partial charge < -0.3 is 24.4 Å². The fourth-order valence-corrected chi connectivity index (χ4v) is 6.62. The summed E-state index contributed by atoms with van der Waals surface area (Å²) in [6.07, 6.45) is 8.77. The van der Waals surface area contributed by atoms with Gasteiger partial charge in [0.15, 0.2) is 0 Å². The van der Waals surface area contributed by atoms with Gasteiger partial charge in [0.05, 0.1) is 12.7 Å². The van der Waals surface area contributed by atoms with E-state index in [2.05, 4.69) is 4.90 Å². The van der Waals surface area contributed by atoms with E-state index < -0.39 is 11.0 Å². The molecule has 2 aromatic carbocycles. The largest absolute Gasteiger partial charge is 0.497 e. The first kappa shape index (κ1) is 27.4. The summed E-state index contributed by atoms with van der Waals surface area (Å²) in [4.78, 5) is 29.2. The van der Waals surface area contributed by atoms with Gasteiger partial charge in [-0.25, -0.2) is 0 Å². The third-order valence-corrected chi connectivity index (χ3v) is 8.98. The van der Waals surface area contributed by atoms with E-state index in [1.165, 1.54) is 19.8 Å². The molecular formula is C32H40N2O5. The quantitative estimate of drug-likeness (QED) is 0.308. The Morgan fingerprint density at radius 2 is 1.87 bits per heavy atom. The van der Waals surface area contributed by atoms with Crippen molar-refractivity contribution < 1.29 is 24.2 Å². The van der Waals surface area contributed by atoms with Gasteiger partial charge in [-0.3, -0.25) is 9.59 Å². The third-order valence-electron chi connectivity index (χ3n) is 8.98. The van der Waals surface area contributed by atoms with Crippen LogP contribution in [0.4, 0.5) is 0 Å². The van der Waals surface area contributed by atoms with Crippen molar-refractivity contribution >= 4 is 18.0 Å². The molecule has 1 saturated heterocycles. The minimum absolute atomic E-state index is 0.0277. The number of methoxy groups -OCH3 is 1. The van der Waals surface area contributed by atoms with Gasteiger partial charge in [0.2, 0.25) is 5.91 Å². The second-order valence-electron chi connectivity index (χ2n) is 11.6. The number of nitrogens with zero attached hydrogens (tertiary/aromatic N) is 2. The van der Waals surface area contributed by atoms with E-state index in [1.54, 1.807) is 19.3 Å². The predicted octanol–water partition coefficient (Wildman–Crippen LogP) is 4.43. The van der Waals surface area contributed by atoms with Crippen LogP contribution in [0.5, 0.6) is 11.5 Å². The summed E-state index contributed by atoms with van der Waals surface area (Å²) >= 11 is 0. The smallest absolute Gasteiger partial charge is 0.308 e. The summed E-state index contributed by atoms with van der Waals surface area (Å²) in [7, 11) is 3.48. The maximum atomic E-state index is 13.3. The molecule has 0 aromatic heterocycles. The molecule has 3 fully saturated rings. The van der Waals surface area contributed by atoms with Gasteiger partial charge in [0.1, 0.15) is 11.5 Å². The molecule has 208 valence electrons. The normalized spacial score (nSPS) is 27.1. The minimum atomic E-state index is -0.925. The topological polar surface area (TPSA) is 79.3 Å². The SMILES string of the molecule is COc1cccc(C=CC(=O)N(C)[C@@H]2CC[C@]3(O)CN(CC4CC4)CC[C@@]3(c3cccc(OC(C)=O)c3)C2)c1. The number of benzene rings is 2. The summed E-state index contributed by atoms with van der Waals surface area (Å²) in [6, 6.07) is 15.2. The zero-order valence-corrected chi connectivity index (χ0v) is 23.3. The Balaban J connectivity index is 1.40. The van der Waals surface area contributed by atoms with Crippen LogP contribution in [0.15, 0.2) is 54.6 Å². The van der Waals surface area contributed by atoms with E-state index in [0.717, 1.165) is 48.7 Å². The van der Waals surface area contributed by atoms with E-state index in [-0.39, 0.29) is 17.9 Å². The van der Waals surface area contributed by atoms with Crippen molar-refractivity contribution in [2.24, 2.45) is 5.92 Å². The number of likely N-dealkylation sites (tertiary alicyclic amines) is 1. The molecule has 39 heavy (non-hydrogen) atoms. The fourth-order valence-electron chi connectivity index (χ4n) is 6.62. The lowest BCUT2D eigenvalue weighted by molar-refractivity contribution is -0.145. The zero-order valence-electron chi connectivity index (χ0n) is 23.3. The Hall–Kier alpha value is -3.16. The summed E-state index contributed by atoms with van der Waals surface area (Å²) in [6.45, 7) is 3.97. The van der Waals surface area contributed by atoms with Crippen LogP contribution in [0.3, 0.4) is 0 Å². The molecule has 1 amide bonds. The first-order valence-corrected chi connectivity index (χ1v) is 14.0. The van der Waals surface area contributed by atoms with Gasteiger partial charge >= 0.3 is 5.97 Å². The highest BCUT2D eigenvalue weighted by molar-refractivity contribution is 5.91. The lowest BCUT2D eigenvalue weighted by atomic mass is 9.55. The lowest BCUT2D eigenvalue weighted by Crippen LogP contribution is -2.67. The first-order valence-electron chi connectivity index (χ1n) is 14.0. The van der Waals surface area contributed by atoms with Gasteiger partial charge in [0, 0.05) is 44.6 Å². The molecule has 1 N–H and O–H groups in total. The number of ether oxygens (including phenoxy) is 2. The monoisotopic (exact) mass is 532 g/mol. The Kier molecular flexibility index (Phi) is 7.83. The molecule has 5 rings (SSSR count). The van der Waals surface area contributed by atoms with Crippen molar-refractivity contribution in [1.29, 1.82) is 0 Å². The van der Waals surface area contributed by atoms with E-state index >= 15 is 0 Å². The number of hydrogen-bond acceptors (Lipinski definition) is 6. The van der Waals surface area contributed by atoms with Crippen molar-refractivity contribution in [3.63, 3.8) is 0 Å². The summed E-state index contributed by atoms with van der Waals surface area (Å²) in [5, 5.41) is 12.3. The van der Waals surface area contributed by atoms with Crippen LogP contribution < -0.4 is 9.47 Å². The number of likely N-dealkylation sites (N-methyl/N-ethyl adjacent to an activating group) is 1. The van der Waals surface area contributed by atoms with Crippen LogP contribution in [0.2, 0.25) is 0 Å². The number of β-amino-alcohol motifs (C(OH)–C–C–N with tert-alkyl or cyclic N) is 1. The molecule has 2 aliphatic carbocycles. The van der Waals surface area contributed by atoms with Crippen molar-refractivity contribution in [1.82, 2.24) is 9.80 Å². The number of amides is 1. The second kappa shape index (κ2) is 11.1. The fraction of sp³-hybridized carbons (Fsp3) is 0.500. The number of carbonyl (C=O) groups excluding carboxylic acids is 2. The predicted molar refractivity (Wildman–Crippen MR) is 151 cm³/mol. The van der Waals surface area contributed by atoms with Gasteiger partial charge in [-0.2, -0.15) is 0 Å². The van der Waals surface area contributed by atoms with Crippen LogP contribution in [-0.2, 0) is 15.0 Å². The molecule has 3 aliphatic rings. The summed E-state index contributed by atoms with van der Waals surface area (Å²) < 4.78 is 10.7. The lowest BCUT2D eigenvalue weighted by Gasteiger charge is -2.59. The zero-order chi connectivity index (χ0) is 27.6. The number of aliphatic hydroxyl groups is 1. The molecule has 3 atom stereocenters. The third kappa shape index (κ3) is 5.89. The van der Waals surface area contributed by atoms with Gasteiger partial charge in [0.25, 0.3) is 0 Å². The molecule has 0 radical (unpaired) electrons. The summed E-state index contributed by atoms with van der Waals surface area (Å²) in [5.74, 6) is 1.56. The first-order chi connectivity index (χ1) is 18.7. The standard InChI is InChI=1S/C32H40N2O5/c1-23(35)39-29-9-5-7-26(19-29)31-16-17-34(21-25-10-11-25)22-32(31,37)15-14-27(20-31)33(2)30(36)13-12-24-6-4-8-28(18-24)38-3/h4-9,12-13,18-19,25,27,37H,10-11,14-17,20-22H2,1-3H3/t27-,31+,32+/m1/s1. The number of piperidine rings is 1. The second-order valence-corrected chi connectivity index (χ2v) is 11.6. The van der Waals surface area contributed by atoms with Gasteiger partial charge in [-0.15, -0.1) is 0 Å². The van der Waals surface area contributed by atoms with Crippen molar-refractivity contribution in [2.75, 3.05) is 33.8 Å². The van der Waals surface area contributed by atoms with Crippen molar-refractivity contribution in [3.8, 4) is 11.5 Å². The number of carbonyl (C=O) groups is 2.